The van der Waals surface area contributed by atoms with E-state index in [1.165, 1.54) is 5.56 Å². The largest absolute Gasteiger partial charge is 0.379 e. The Labute approximate surface area is 120 Å². The van der Waals surface area contributed by atoms with Crippen molar-refractivity contribution in [1.29, 1.82) is 0 Å². The van der Waals surface area contributed by atoms with Crippen LogP contribution in [-0.2, 0) is 4.74 Å². The summed E-state index contributed by atoms with van der Waals surface area (Å²) in [6.45, 7) is 6.68. The van der Waals surface area contributed by atoms with Crippen molar-refractivity contribution in [2.24, 2.45) is 0 Å². The first-order chi connectivity index (χ1) is 8.19. The molecule has 0 spiro atoms. The van der Waals surface area contributed by atoms with E-state index in [4.69, 9.17) is 4.74 Å². The van der Waals surface area contributed by atoms with Crippen LogP contribution < -0.4 is 5.32 Å². The van der Waals surface area contributed by atoms with Crippen molar-refractivity contribution < 1.29 is 4.74 Å². The number of hydrogen-bond donors (Lipinski definition) is 1. The van der Waals surface area contributed by atoms with Gasteiger partial charge in [0.1, 0.15) is 0 Å². The lowest BCUT2D eigenvalue weighted by Gasteiger charge is -2.20. The molecule has 96 valence electrons. The zero-order valence-corrected chi connectivity index (χ0v) is 13.5. The highest BCUT2D eigenvalue weighted by Crippen LogP contribution is 2.27. The molecule has 0 radical (unpaired) electrons. The van der Waals surface area contributed by atoms with Crippen LogP contribution >= 0.6 is 31.9 Å². The Morgan fingerprint density at radius 2 is 2.06 bits per heavy atom. The molecule has 0 saturated heterocycles. The molecule has 0 fully saturated rings. The van der Waals surface area contributed by atoms with Gasteiger partial charge in [-0.05, 0) is 36.7 Å². The summed E-state index contributed by atoms with van der Waals surface area (Å²) in [5.74, 6) is 0. The Hall–Kier alpha value is 0.1000. The molecule has 17 heavy (non-hydrogen) atoms. The third-order valence-electron chi connectivity index (χ3n) is 2.42. The van der Waals surface area contributed by atoms with Gasteiger partial charge in [0.25, 0.3) is 0 Å². The monoisotopic (exact) mass is 363 g/mol. The van der Waals surface area contributed by atoms with E-state index >= 15 is 0 Å². The van der Waals surface area contributed by atoms with Crippen LogP contribution in [-0.4, -0.2) is 19.8 Å². The smallest absolute Gasteiger partial charge is 0.0661 e. The molecule has 0 bridgehead atoms. The van der Waals surface area contributed by atoms with Gasteiger partial charge in [0, 0.05) is 15.6 Å². The van der Waals surface area contributed by atoms with Gasteiger partial charge < -0.3 is 10.1 Å². The number of nitrogens with one attached hydrogen (secondary N) is 1. The highest BCUT2D eigenvalue weighted by atomic mass is 79.9. The lowest BCUT2D eigenvalue weighted by atomic mass is 10.1. The van der Waals surface area contributed by atoms with E-state index in [-0.39, 0.29) is 6.04 Å². The van der Waals surface area contributed by atoms with Crippen LogP contribution in [0.25, 0.3) is 0 Å². The molecule has 1 N–H and O–H groups in total. The SMILES string of the molecule is CCCOCC(NCC)c1cc(Br)ccc1Br. The third-order valence-corrected chi connectivity index (χ3v) is 3.63. The first-order valence-electron chi connectivity index (χ1n) is 5.95. The maximum absolute atomic E-state index is 5.65. The van der Waals surface area contributed by atoms with Crippen molar-refractivity contribution in [2.45, 2.75) is 26.3 Å². The van der Waals surface area contributed by atoms with Gasteiger partial charge in [0.05, 0.1) is 12.6 Å². The minimum absolute atomic E-state index is 0.235. The molecule has 1 atom stereocenters. The lowest BCUT2D eigenvalue weighted by molar-refractivity contribution is 0.112. The molecule has 1 aromatic rings. The van der Waals surface area contributed by atoms with Gasteiger partial charge in [0.15, 0.2) is 0 Å². The zero-order chi connectivity index (χ0) is 12.7. The molecule has 0 aliphatic rings. The summed E-state index contributed by atoms with van der Waals surface area (Å²) in [6, 6.07) is 6.46. The van der Waals surface area contributed by atoms with Crippen LogP contribution in [0.3, 0.4) is 0 Å². The topological polar surface area (TPSA) is 21.3 Å². The van der Waals surface area contributed by atoms with E-state index < -0.39 is 0 Å². The van der Waals surface area contributed by atoms with Crippen molar-refractivity contribution in [3.05, 3.63) is 32.7 Å². The highest BCUT2D eigenvalue weighted by Gasteiger charge is 2.14. The van der Waals surface area contributed by atoms with E-state index in [1.54, 1.807) is 0 Å². The van der Waals surface area contributed by atoms with Gasteiger partial charge in [-0.1, -0.05) is 45.7 Å². The number of ether oxygens (including phenoxy) is 1. The van der Waals surface area contributed by atoms with Crippen LogP contribution in [0.15, 0.2) is 27.1 Å². The van der Waals surface area contributed by atoms with Gasteiger partial charge in [-0.2, -0.15) is 0 Å². The number of benzene rings is 1. The Bertz CT molecular complexity index is 344. The van der Waals surface area contributed by atoms with E-state index in [1.807, 2.05) is 6.07 Å². The van der Waals surface area contributed by atoms with E-state index in [9.17, 15) is 0 Å². The predicted octanol–water partition coefficient (Wildman–Crippen LogP) is 4.29. The molecule has 0 heterocycles. The van der Waals surface area contributed by atoms with Crippen molar-refractivity contribution in [1.82, 2.24) is 5.32 Å². The molecule has 2 nitrogen and oxygen atoms in total. The van der Waals surface area contributed by atoms with Crippen LogP contribution in [0.1, 0.15) is 31.9 Å². The standard InChI is InChI=1S/C13H19Br2NO/c1-3-7-17-9-13(16-4-2)11-8-10(14)5-6-12(11)15/h5-6,8,13,16H,3-4,7,9H2,1-2H3. The van der Waals surface area contributed by atoms with E-state index in [0.717, 1.165) is 28.5 Å². The average molecular weight is 365 g/mol. The summed E-state index contributed by atoms with van der Waals surface area (Å²) >= 11 is 7.10. The molecule has 0 aliphatic heterocycles. The maximum Gasteiger partial charge on any atom is 0.0661 e. The second-order valence-corrected chi connectivity index (χ2v) is 5.62. The summed E-state index contributed by atoms with van der Waals surface area (Å²) in [7, 11) is 0. The number of halogens is 2. The minimum Gasteiger partial charge on any atom is -0.379 e. The lowest BCUT2D eigenvalue weighted by Crippen LogP contribution is -2.26. The molecule has 0 amide bonds. The fraction of sp³-hybridized carbons (Fsp3) is 0.538. The summed E-state index contributed by atoms with van der Waals surface area (Å²) in [6.07, 6.45) is 1.05. The van der Waals surface area contributed by atoms with Crippen molar-refractivity contribution in [3.63, 3.8) is 0 Å². The van der Waals surface area contributed by atoms with Gasteiger partial charge in [-0.3, -0.25) is 0 Å². The second-order valence-electron chi connectivity index (χ2n) is 3.85. The Morgan fingerprint density at radius 1 is 1.29 bits per heavy atom. The quantitative estimate of drug-likeness (QED) is 0.728. The first kappa shape index (κ1) is 15.2. The molecule has 4 heteroatoms. The normalized spacial score (nSPS) is 12.7. The van der Waals surface area contributed by atoms with Crippen molar-refractivity contribution in [2.75, 3.05) is 19.8 Å². The summed E-state index contributed by atoms with van der Waals surface area (Å²) < 4.78 is 7.86. The van der Waals surface area contributed by atoms with Gasteiger partial charge >= 0.3 is 0 Å². The van der Waals surface area contributed by atoms with Crippen LogP contribution in [0.2, 0.25) is 0 Å². The van der Waals surface area contributed by atoms with Crippen LogP contribution in [0.5, 0.6) is 0 Å². The summed E-state index contributed by atoms with van der Waals surface area (Å²) in [4.78, 5) is 0. The first-order valence-corrected chi connectivity index (χ1v) is 7.53. The summed E-state index contributed by atoms with van der Waals surface area (Å²) in [5, 5.41) is 3.45. The minimum atomic E-state index is 0.235. The van der Waals surface area contributed by atoms with Gasteiger partial charge in [-0.25, -0.2) is 0 Å². The molecule has 1 unspecified atom stereocenters. The fourth-order valence-electron chi connectivity index (χ4n) is 1.63. The molecule has 0 saturated carbocycles. The van der Waals surface area contributed by atoms with Gasteiger partial charge in [-0.15, -0.1) is 0 Å². The Morgan fingerprint density at radius 3 is 2.71 bits per heavy atom. The second kappa shape index (κ2) is 8.25. The van der Waals surface area contributed by atoms with Crippen molar-refractivity contribution >= 4 is 31.9 Å². The van der Waals surface area contributed by atoms with E-state index in [0.29, 0.717) is 6.61 Å². The van der Waals surface area contributed by atoms with Gasteiger partial charge in [0.2, 0.25) is 0 Å². The van der Waals surface area contributed by atoms with E-state index in [2.05, 4.69) is 63.2 Å². The summed E-state index contributed by atoms with van der Waals surface area (Å²) in [5.41, 5.74) is 1.23. The van der Waals surface area contributed by atoms with Crippen LogP contribution in [0.4, 0.5) is 0 Å². The molecule has 1 aromatic carbocycles. The zero-order valence-electron chi connectivity index (χ0n) is 10.3. The molecular formula is C13H19Br2NO. The number of rotatable bonds is 7. The Balaban J connectivity index is 2.77. The Kier molecular flexibility index (Phi) is 7.35. The molecule has 0 aliphatic carbocycles. The van der Waals surface area contributed by atoms with Crippen LogP contribution in [0, 0.1) is 0 Å². The van der Waals surface area contributed by atoms with Crippen molar-refractivity contribution in [3.8, 4) is 0 Å². The number of hydrogen-bond acceptors (Lipinski definition) is 2. The third kappa shape index (κ3) is 5.08. The fourth-order valence-corrected chi connectivity index (χ4v) is 2.53. The average Bonchev–Trinajstić information content (AvgIpc) is 2.32. The highest BCUT2D eigenvalue weighted by molar-refractivity contribution is 9.11. The maximum atomic E-state index is 5.65. The number of likely N-dealkylation sites (N-methyl/N-ethyl adjacent to an activating group) is 1. The molecule has 0 aromatic heterocycles. The molecule has 1 rings (SSSR count). The predicted molar refractivity (Wildman–Crippen MR) is 79.4 cm³/mol. The molecular weight excluding hydrogens is 346 g/mol.